The van der Waals surface area contributed by atoms with Crippen molar-refractivity contribution in [2.75, 3.05) is 26.0 Å². The molecular formula is C17H32IN3OS. The highest BCUT2D eigenvalue weighted by Crippen LogP contribution is 2.62. The molecule has 134 valence electrons. The van der Waals surface area contributed by atoms with Gasteiger partial charge in [0.2, 0.25) is 0 Å². The summed E-state index contributed by atoms with van der Waals surface area (Å²) in [6, 6.07) is 0.559. The van der Waals surface area contributed by atoms with Gasteiger partial charge < -0.3 is 15.4 Å². The fourth-order valence-electron chi connectivity index (χ4n) is 4.26. The molecule has 3 atom stereocenters. The number of ether oxygens (including phenoxy) is 1. The van der Waals surface area contributed by atoms with E-state index in [4.69, 9.17) is 9.73 Å². The van der Waals surface area contributed by atoms with Crippen LogP contribution in [0.3, 0.4) is 0 Å². The van der Waals surface area contributed by atoms with Crippen LogP contribution in [0, 0.1) is 11.3 Å². The van der Waals surface area contributed by atoms with E-state index in [0.29, 0.717) is 23.5 Å². The predicted molar refractivity (Wildman–Crippen MR) is 110 cm³/mol. The Morgan fingerprint density at radius 1 is 1.39 bits per heavy atom. The second-order valence-electron chi connectivity index (χ2n) is 7.61. The molecule has 1 spiro atoms. The summed E-state index contributed by atoms with van der Waals surface area (Å²) in [6.07, 6.45) is 7.89. The Morgan fingerprint density at radius 2 is 2.13 bits per heavy atom. The van der Waals surface area contributed by atoms with E-state index in [2.05, 4.69) is 37.7 Å². The van der Waals surface area contributed by atoms with Crippen LogP contribution in [0.2, 0.25) is 0 Å². The highest BCUT2D eigenvalue weighted by molar-refractivity contribution is 14.0. The molecule has 1 aliphatic heterocycles. The number of fused-ring (bicyclic) bond motifs is 2. The maximum atomic E-state index is 6.01. The third-order valence-electron chi connectivity index (χ3n) is 5.84. The van der Waals surface area contributed by atoms with Gasteiger partial charge >= 0.3 is 0 Å². The lowest BCUT2D eigenvalue weighted by atomic mass is 9.46. The quantitative estimate of drug-likeness (QED) is 0.381. The average molecular weight is 453 g/mol. The summed E-state index contributed by atoms with van der Waals surface area (Å²) < 4.78 is 6.20. The van der Waals surface area contributed by atoms with Crippen LogP contribution in [0.15, 0.2) is 4.99 Å². The maximum absolute atomic E-state index is 6.01. The van der Waals surface area contributed by atoms with Crippen LogP contribution in [-0.2, 0) is 4.74 Å². The normalized spacial score (nSPS) is 31.7. The molecule has 2 aliphatic carbocycles. The molecular weight excluding hydrogens is 421 g/mol. The highest BCUT2D eigenvalue weighted by Gasteiger charge is 2.66. The number of thioether (sulfide) groups is 1. The van der Waals surface area contributed by atoms with Crippen LogP contribution in [0.4, 0.5) is 0 Å². The van der Waals surface area contributed by atoms with Crippen molar-refractivity contribution in [1.82, 2.24) is 10.6 Å². The summed E-state index contributed by atoms with van der Waals surface area (Å²) >= 11 is 1.87. The molecule has 4 nitrogen and oxygen atoms in total. The SMILES string of the molecule is CCNC(=NCC(C)(C)SC)NC1C2CCOC2C12CCC2.I. The lowest BCUT2D eigenvalue weighted by Gasteiger charge is -2.63. The monoisotopic (exact) mass is 453 g/mol. The Labute approximate surface area is 162 Å². The number of nitrogens with zero attached hydrogens (tertiary/aromatic N) is 1. The smallest absolute Gasteiger partial charge is 0.191 e. The molecule has 1 saturated heterocycles. The first kappa shape index (κ1) is 19.6. The number of aliphatic imine (C=N–C) groups is 1. The van der Waals surface area contributed by atoms with Gasteiger partial charge in [0.1, 0.15) is 0 Å². The topological polar surface area (TPSA) is 45.7 Å². The first-order chi connectivity index (χ1) is 10.5. The Bertz CT molecular complexity index is 440. The molecule has 2 saturated carbocycles. The van der Waals surface area contributed by atoms with E-state index < -0.39 is 0 Å². The van der Waals surface area contributed by atoms with Gasteiger partial charge in [-0.2, -0.15) is 11.8 Å². The zero-order valence-corrected chi connectivity index (χ0v) is 18.0. The summed E-state index contributed by atoms with van der Waals surface area (Å²) in [5, 5.41) is 7.20. The van der Waals surface area contributed by atoms with Crippen LogP contribution < -0.4 is 10.6 Å². The minimum absolute atomic E-state index is 0. The van der Waals surface area contributed by atoms with Gasteiger partial charge in [-0.3, -0.25) is 4.99 Å². The summed E-state index contributed by atoms with van der Waals surface area (Å²) in [4.78, 5) is 4.85. The Hall–Kier alpha value is 0.310. The molecule has 0 aromatic rings. The molecule has 6 heteroatoms. The average Bonchev–Trinajstić information content (AvgIpc) is 2.85. The molecule has 0 bridgehead atoms. The number of halogens is 1. The second kappa shape index (κ2) is 7.68. The van der Waals surface area contributed by atoms with Gasteiger partial charge in [0.15, 0.2) is 5.96 Å². The zero-order chi connectivity index (χ0) is 15.8. The first-order valence-electron chi connectivity index (χ1n) is 8.74. The van der Waals surface area contributed by atoms with Crippen molar-refractivity contribution in [2.24, 2.45) is 16.3 Å². The minimum atomic E-state index is 0. The number of nitrogens with one attached hydrogen (secondary N) is 2. The second-order valence-corrected chi connectivity index (χ2v) is 9.13. The molecule has 2 N–H and O–H groups in total. The molecule has 3 aliphatic rings. The molecule has 1 heterocycles. The Kier molecular flexibility index (Phi) is 6.56. The van der Waals surface area contributed by atoms with Crippen LogP contribution in [0.5, 0.6) is 0 Å². The summed E-state index contributed by atoms with van der Waals surface area (Å²) in [7, 11) is 0. The molecule has 3 rings (SSSR count). The van der Waals surface area contributed by atoms with Crippen molar-refractivity contribution < 1.29 is 4.74 Å². The number of guanidine groups is 1. The van der Waals surface area contributed by atoms with Gasteiger partial charge in [0.05, 0.1) is 12.6 Å². The lowest BCUT2D eigenvalue weighted by Crippen LogP contribution is -2.72. The predicted octanol–water partition coefficient (Wildman–Crippen LogP) is 3.26. The Balaban J connectivity index is 0.00000192. The van der Waals surface area contributed by atoms with Crippen molar-refractivity contribution in [3.8, 4) is 0 Å². The fourth-order valence-corrected chi connectivity index (χ4v) is 4.45. The van der Waals surface area contributed by atoms with E-state index in [1.54, 1.807) is 0 Å². The molecule has 0 radical (unpaired) electrons. The summed E-state index contributed by atoms with van der Waals surface area (Å²) in [6.45, 7) is 9.34. The van der Waals surface area contributed by atoms with Gasteiger partial charge in [0, 0.05) is 35.3 Å². The number of hydrogen-bond donors (Lipinski definition) is 2. The van der Waals surface area contributed by atoms with Gasteiger partial charge in [0.25, 0.3) is 0 Å². The zero-order valence-electron chi connectivity index (χ0n) is 14.9. The number of hydrogen-bond acceptors (Lipinski definition) is 3. The van der Waals surface area contributed by atoms with E-state index in [1.807, 2.05) is 11.8 Å². The molecule has 3 fully saturated rings. The van der Waals surface area contributed by atoms with Gasteiger partial charge in [-0.15, -0.1) is 24.0 Å². The van der Waals surface area contributed by atoms with Gasteiger partial charge in [-0.1, -0.05) is 6.42 Å². The van der Waals surface area contributed by atoms with Crippen molar-refractivity contribution in [3.63, 3.8) is 0 Å². The van der Waals surface area contributed by atoms with E-state index in [9.17, 15) is 0 Å². The van der Waals surface area contributed by atoms with E-state index in [0.717, 1.165) is 25.7 Å². The van der Waals surface area contributed by atoms with E-state index in [-0.39, 0.29) is 28.7 Å². The van der Waals surface area contributed by atoms with Crippen LogP contribution >= 0.6 is 35.7 Å². The molecule has 3 unspecified atom stereocenters. The molecule has 0 aromatic carbocycles. The lowest BCUT2D eigenvalue weighted by molar-refractivity contribution is -0.171. The first-order valence-corrected chi connectivity index (χ1v) is 9.96. The Morgan fingerprint density at radius 3 is 2.70 bits per heavy atom. The van der Waals surface area contributed by atoms with E-state index >= 15 is 0 Å². The largest absolute Gasteiger partial charge is 0.377 e. The van der Waals surface area contributed by atoms with Crippen molar-refractivity contribution in [1.29, 1.82) is 0 Å². The fraction of sp³-hybridized carbons (Fsp3) is 0.941. The molecule has 0 amide bonds. The van der Waals surface area contributed by atoms with Crippen molar-refractivity contribution in [2.45, 2.75) is 63.3 Å². The summed E-state index contributed by atoms with van der Waals surface area (Å²) in [5.74, 6) is 1.68. The van der Waals surface area contributed by atoms with E-state index in [1.165, 1.54) is 25.7 Å². The van der Waals surface area contributed by atoms with Crippen LogP contribution in [0.25, 0.3) is 0 Å². The van der Waals surface area contributed by atoms with Crippen molar-refractivity contribution in [3.05, 3.63) is 0 Å². The third kappa shape index (κ3) is 3.64. The van der Waals surface area contributed by atoms with Crippen molar-refractivity contribution >= 4 is 41.7 Å². The maximum Gasteiger partial charge on any atom is 0.191 e. The minimum Gasteiger partial charge on any atom is -0.377 e. The van der Waals surface area contributed by atoms with Crippen LogP contribution in [-0.4, -0.2) is 48.8 Å². The number of rotatable bonds is 5. The molecule has 23 heavy (non-hydrogen) atoms. The standard InChI is InChI=1S/C17H31N3OS.HI/c1-5-18-15(19-11-16(2,3)22-4)20-13-12-7-10-21-14(12)17(13)8-6-9-17;/h12-14H,5-11H2,1-4H3,(H2,18,19,20);1H. The van der Waals surface area contributed by atoms with Gasteiger partial charge in [-0.25, -0.2) is 0 Å². The third-order valence-corrected chi connectivity index (χ3v) is 7.08. The summed E-state index contributed by atoms with van der Waals surface area (Å²) in [5.41, 5.74) is 0.409. The molecule has 0 aromatic heterocycles. The highest BCUT2D eigenvalue weighted by atomic mass is 127. The van der Waals surface area contributed by atoms with Crippen LogP contribution in [0.1, 0.15) is 46.5 Å². The van der Waals surface area contributed by atoms with Gasteiger partial charge in [-0.05, 0) is 46.3 Å².